The number of thioether (sulfide) groups is 1. The van der Waals surface area contributed by atoms with Gasteiger partial charge in [0.1, 0.15) is 16.4 Å². The number of halogens is 3. The molecule has 0 bridgehead atoms. The molecule has 0 saturated carbocycles. The zero-order chi connectivity index (χ0) is 25.6. The Labute approximate surface area is 205 Å². The van der Waals surface area contributed by atoms with Crippen molar-refractivity contribution in [3.63, 3.8) is 0 Å². The van der Waals surface area contributed by atoms with Crippen molar-refractivity contribution in [2.45, 2.75) is 28.1 Å². The molecule has 0 radical (unpaired) electrons. The first-order valence-corrected chi connectivity index (χ1v) is 13.0. The molecular formula is C24H22F3NO5S2. The molecule has 186 valence electrons. The SMILES string of the molecule is CS(=O)(=O)c1cc(NC(=O)c2ccc(CCCOc3ccc(SC(F)(F)F)cc3)cc2)ccc1O. The number of hydrogen-bond acceptors (Lipinski definition) is 6. The average molecular weight is 526 g/mol. The number of phenolic OH excluding ortho intramolecular Hbond substituents is 1. The van der Waals surface area contributed by atoms with Crippen molar-refractivity contribution < 1.29 is 36.2 Å². The van der Waals surface area contributed by atoms with E-state index in [0.29, 0.717) is 30.8 Å². The summed E-state index contributed by atoms with van der Waals surface area (Å²) in [5, 5.41) is 12.3. The molecule has 1 amide bonds. The van der Waals surface area contributed by atoms with Crippen LogP contribution in [-0.4, -0.2) is 37.8 Å². The fourth-order valence-corrected chi connectivity index (χ4v) is 4.45. The maximum Gasteiger partial charge on any atom is 0.446 e. The third-order valence-corrected chi connectivity index (χ3v) is 6.63. The number of aromatic hydroxyl groups is 1. The predicted molar refractivity (Wildman–Crippen MR) is 128 cm³/mol. The van der Waals surface area contributed by atoms with Gasteiger partial charge in [0, 0.05) is 22.4 Å². The first kappa shape index (κ1) is 26.4. The van der Waals surface area contributed by atoms with Crippen LogP contribution in [0.25, 0.3) is 0 Å². The van der Waals surface area contributed by atoms with Crippen molar-refractivity contribution in [2.75, 3.05) is 18.2 Å². The Balaban J connectivity index is 1.48. The summed E-state index contributed by atoms with van der Waals surface area (Å²) >= 11 is -0.178. The van der Waals surface area contributed by atoms with Gasteiger partial charge in [0.15, 0.2) is 9.84 Å². The second-order valence-electron chi connectivity index (χ2n) is 7.58. The number of hydrogen-bond donors (Lipinski definition) is 2. The Kier molecular flexibility index (Phi) is 8.34. The summed E-state index contributed by atoms with van der Waals surface area (Å²) < 4.78 is 66.1. The molecule has 0 atom stereocenters. The number of nitrogens with one attached hydrogen (secondary N) is 1. The molecule has 0 spiro atoms. The van der Waals surface area contributed by atoms with E-state index in [9.17, 15) is 31.5 Å². The Bertz CT molecular complexity index is 1280. The third-order valence-electron chi connectivity index (χ3n) is 4.77. The Morgan fingerprint density at radius 3 is 2.29 bits per heavy atom. The fraction of sp³-hybridized carbons (Fsp3) is 0.208. The normalized spacial score (nSPS) is 11.8. The number of phenols is 1. The highest BCUT2D eigenvalue weighted by atomic mass is 32.2. The minimum Gasteiger partial charge on any atom is -0.507 e. The lowest BCUT2D eigenvalue weighted by atomic mass is 10.1. The van der Waals surface area contributed by atoms with E-state index in [1.807, 2.05) is 0 Å². The van der Waals surface area contributed by atoms with Gasteiger partial charge in [-0.05, 0) is 84.8 Å². The van der Waals surface area contributed by atoms with Crippen molar-refractivity contribution in [3.05, 3.63) is 77.9 Å². The first-order valence-electron chi connectivity index (χ1n) is 10.3. The van der Waals surface area contributed by atoms with E-state index in [1.165, 1.54) is 42.5 Å². The van der Waals surface area contributed by atoms with Crippen molar-refractivity contribution in [1.29, 1.82) is 0 Å². The highest BCUT2D eigenvalue weighted by Gasteiger charge is 2.29. The Morgan fingerprint density at radius 2 is 1.69 bits per heavy atom. The standard InChI is InChI=1S/C24H22F3NO5S2/c1-35(31,32)22-15-18(8-13-21(22)29)28-23(30)17-6-4-16(5-7-17)3-2-14-33-19-9-11-20(12-10-19)34-24(25,26)27/h4-13,15,29H,2-3,14H2,1H3,(H,28,30). The molecule has 0 aliphatic heterocycles. The first-order chi connectivity index (χ1) is 16.4. The largest absolute Gasteiger partial charge is 0.507 e. The zero-order valence-corrected chi connectivity index (χ0v) is 20.1. The number of rotatable bonds is 9. The topological polar surface area (TPSA) is 92.7 Å². The van der Waals surface area contributed by atoms with Crippen LogP contribution in [0.3, 0.4) is 0 Å². The van der Waals surface area contributed by atoms with E-state index in [4.69, 9.17) is 4.74 Å². The molecule has 0 aliphatic rings. The van der Waals surface area contributed by atoms with Gasteiger partial charge in [-0.25, -0.2) is 8.42 Å². The van der Waals surface area contributed by atoms with Crippen molar-refractivity contribution in [2.24, 2.45) is 0 Å². The lowest BCUT2D eigenvalue weighted by molar-refractivity contribution is -0.0328. The quantitative estimate of drug-likeness (QED) is 0.212. The van der Waals surface area contributed by atoms with E-state index in [0.717, 1.165) is 11.8 Å². The minimum absolute atomic E-state index is 0.0928. The van der Waals surface area contributed by atoms with Gasteiger partial charge in [0.2, 0.25) is 0 Å². The number of benzene rings is 3. The van der Waals surface area contributed by atoms with Gasteiger partial charge in [-0.15, -0.1) is 0 Å². The summed E-state index contributed by atoms with van der Waals surface area (Å²) in [5.74, 6) is -0.342. The monoisotopic (exact) mass is 525 g/mol. The van der Waals surface area contributed by atoms with E-state index < -0.39 is 27.0 Å². The van der Waals surface area contributed by atoms with E-state index in [2.05, 4.69) is 5.32 Å². The second-order valence-corrected chi connectivity index (χ2v) is 10.7. The number of ether oxygens (including phenoxy) is 1. The molecule has 35 heavy (non-hydrogen) atoms. The predicted octanol–water partition coefficient (Wildman–Crippen LogP) is 5.67. The highest BCUT2D eigenvalue weighted by Crippen LogP contribution is 2.37. The molecule has 3 rings (SSSR count). The molecule has 11 heteroatoms. The van der Waals surface area contributed by atoms with Gasteiger partial charge in [-0.1, -0.05) is 12.1 Å². The van der Waals surface area contributed by atoms with Crippen molar-refractivity contribution >= 4 is 33.2 Å². The van der Waals surface area contributed by atoms with Gasteiger partial charge in [0.25, 0.3) is 5.91 Å². The lowest BCUT2D eigenvalue weighted by Crippen LogP contribution is -2.12. The summed E-state index contributed by atoms with van der Waals surface area (Å²) in [6.07, 6.45) is 2.29. The molecule has 0 aromatic heterocycles. The Morgan fingerprint density at radius 1 is 1.03 bits per heavy atom. The molecule has 0 aliphatic carbocycles. The van der Waals surface area contributed by atoms with Crippen LogP contribution in [0.2, 0.25) is 0 Å². The van der Waals surface area contributed by atoms with Crippen LogP contribution in [0.1, 0.15) is 22.3 Å². The van der Waals surface area contributed by atoms with Crippen molar-refractivity contribution in [3.8, 4) is 11.5 Å². The number of carbonyl (C=O) groups is 1. The number of anilines is 1. The van der Waals surface area contributed by atoms with Crippen LogP contribution >= 0.6 is 11.8 Å². The van der Waals surface area contributed by atoms with Gasteiger partial charge >= 0.3 is 5.51 Å². The lowest BCUT2D eigenvalue weighted by Gasteiger charge is -2.10. The highest BCUT2D eigenvalue weighted by molar-refractivity contribution is 8.00. The molecule has 0 heterocycles. The molecule has 0 unspecified atom stereocenters. The molecule has 0 saturated heterocycles. The van der Waals surface area contributed by atoms with Gasteiger partial charge in [-0.2, -0.15) is 13.2 Å². The van der Waals surface area contributed by atoms with Crippen LogP contribution in [0.15, 0.2) is 76.5 Å². The van der Waals surface area contributed by atoms with Crippen LogP contribution in [0.5, 0.6) is 11.5 Å². The Hall–Kier alpha value is -3.18. The van der Waals surface area contributed by atoms with Gasteiger partial charge < -0.3 is 15.2 Å². The number of aryl methyl sites for hydroxylation is 1. The van der Waals surface area contributed by atoms with Gasteiger partial charge in [-0.3, -0.25) is 4.79 Å². The maximum atomic E-state index is 12.5. The zero-order valence-electron chi connectivity index (χ0n) is 18.5. The van der Waals surface area contributed by atoms with E-state index in [1.54, 1.807) is 24.3 Å². The van der Waals surface area contributed by atoms with Crippen LogP contribution in [0.4, 0.5) is 18.9 Å². The minimum atomic E-state index is -4.33. The number of alkyl halides is 3. The number of sulfone groups is 1. The second kappa shape index (κ2) is 11.0. The average Bonchev–Trinajstić information content (AvgIpc) is 2.77. The number of amides is 1. The van der Waals surface area contributed by atoms with Crippen LogP contribution in [0, 0.1) is 0 Å². The summed E-state index contributed by atoms with van der Waals surface area (Å²) in [6.45, 7) is 0.373. The summed E-state index contributed by atoms with van der Waals surface area (Å²) in [5.41, 5.74) is -2.76. The molecular weight excluding hydrogens is 503 g/mol. The van der Waals surface area contributed by atoms with Gasteiger partial charge in [0.05, 0.1) is 6.61 Å². The summed E-state index contributed by atoms with van der Waals surface area (Å²) in [6, 6.07) is 16.4. The van der Waals surface area contributed by atoms with Crippen molar-refractivity contribution in [1.82, 2.24) is 0 Å². The maximum absolute atomic E-state index is 12.5. The molecule has 0 fully saturated rings. The molecule has 2 N–H and O–H groups in total. The third kappa shape index (κ3) is 8.22. The summed E-state index contributed by atoms with van der Waals surface area (Å²) in [7, 11) is -3.65. The van der Waals surface area contributed by atoms with E-state index >= 15 is 0 Å². The van der Waals surface area contributed by atoms with Crippen LogP contribution < -0.4 is 10.1 Å². The van der Waals surface area contributed by atoms with Crippen LogP contribution in [-0.2, 0) is 16.3 Å². The van der Waals surface area contributed by atoms with E-state index in [-0.39, 0.29) is 27.2 Å². The smallest absolute Gasteiger partial charge is 0.446 e. The summed E-state index contributed by atoms with van der Waals surface area (Å²) in [4.78, 5) is 12.3. The molecule has 3 aromatic carbocycles. The fourth-order valence-electron chi connectivity index (χ4n) is 3.12. The molecule has 6 nitrogen and oxygen atoms in total. The molecule has 3 aromatic rings. The number of carbonyl (C=O) groups excluding carboxylic acids is 1.